The van der Waals surface area contributed by atoms with Crippen LogP contribution in [0.1, 0.15) is 24.5 Å². The Morgan fingerprint density at radius 2 is 1.71 bits per heavy atom. The summed E-state index contributed by atoms with van der Waals surface area (Å²) in [6, 6.07) is 18.8. The van der Waals surface area contributed by atoms with Crippen LogP contribution in [0.4, 0.5) is 5.69 Å². The van der Waals surface area contributed by atoms with Gasteiger partial charge in [0.25, 0.3) is 0 Å². The minimum atomic E-state index is 0.698. The van der Waals surface area contributed by atoms with E-state index < -0.39 is 0 Å². The molecule has 2 aromatic carbocycles. The predicted octanol–water partition coefficient (Wildman–Crippen LogP) is 4.17. The Hall–Kier alpha value is -1.87. The van der Waals surface area contributed by atoms with Crippen LogP contribution in [0.3, 0.4) is 0 Å². The third-order valence-electron chi connectivity index (χ3n) is 3.42. The fraction of sp³-hybridized carbons (Fsp3) is 0.278. The quantitative estimate of drug-likeness (QED) is 0.618. The van der Waals surface area contributed by atoms with Gasteiger partial charge in [0.1, 0.15) is 0 Å². The summed E-state index contributed by atoms with van der Waals surface area (Å²) >= 11 is 5.35. The predicted molar refractivity (Wildman–Crippen MR) is 94.8 cm³/mol. The minimum absolute atomic E-state index is 0.698. The Morgan fingerprint density at radius 3 is 2.48 bits per heavy atom. The summed E-state index contributed by atoms with van der Waals surface area (Å²) in [5.41, 5.74) is 3.75. The molecule has 0 aliphatic rings. The second kappa shape index (κ2) is 8.42. The van der Waals surface area contributed by atoms with Crippen LogP contribution in [0.25, 0.3) is 0 Å². The van der Waals surface area contributed by atoms with Crippen LogP contribution in [-0.2, 0) is 12.8 Å². The maximum atomic E-state index is 5.35. The highest BCUT2D eigenvalue weighted by atomic mass is 32.1. The molecule has 0 saturated heterocycles. The first-order valence-electron chi connectivity index (χ1n) is 7.46. The van der Waals surface area contributed by atoms with Crippen LogP contribution in [0, 0.1) is 0 Å². The monoisotopic (exact) mass is 298 g/mol. The van der Waals surface area contributed by atoms with E-state index in [2.05, 4.69) is 60.0 Å². The number of thiocarbonyl (C=S) groups is 1. The molecule has 3 heteroatoms. The summed E-state index contributed by atoms with van der Waals surface area (Å²) in [4.78, 5) is 0. The van der Waals surface area contributed by atoms with Crippen molar-refractivity contribution in [2.45, 2.75) is 26.2 Å². The van der Waals surface area contributed by atoms with Crippen LogP contribution in [-0.4, -0.2) is 11.7 Å². The Morgan fingerprint density at radius 1 is 1.00 bits per heavy atom. The Balaban J connectivity index is 1.72. The van der Waals surface area contributed by atoms with E-state index in [1.54, 1.807) is 0 Å². The summed E-state index contributed by atoms with van der Waals surface area (Å²) in [5.74, 6) is 0. The van der Waals surface area contributed by atoms with E-state index in [1.807, 2.05) is 12.1 Å². The lowest BCUT2D eigenvalue weighted by Gasteiger charge is -2.13. The van der Waals surface area contributed by atoms with Gasteiger partial charge in [0.15, 0.2) is 5.11 Å². The van der Waals surface area contributed by atoms with Crippen molar-refractivity contribution in [2.24, 2.45) is 0 Å². The number of hydrogen-bond acceptors (Lipinski definition) is 1. The number of benzene rings is 2. The van der Waals surface area contributed by atoms with Gasteiger partial charge < -0.3 is 10.6 Å². The molecule has 0 aliphatic heterocycles. The molecular formula is C18H22N2S. The molecule has 0 aliphatic carbocycles. The van der Waals surface area contributed by atoms with Crippen molar-refractivity contribution in [3.63, 3.8) is 0 Å². The molecule has 2 rings (SSSR count). The maximum absolute atomic E-state index is 5.35. The highest BCUT2D eigenvalue weighted by Crippen LogP contribution is 2.15. The fourth-order valence-corrected chi connectivity index (χ4v) is 2.47. The zero-order valence-electron chi connectivity index (χ0n) is 12.4. The van der Waals surface area contributed by atoms with Gasteiger partial charge in [-0.2, -0.15) is 0 Å². The maximum Gasteiger partial charge on any atom is 0.170 e. The van der Waals surface area contributed by atoms with Crippen molar-refractivity contribution >= 4 is 23.0 Å². The molecule has 110 valence electrons. The fourth-order valence-electron chi connectivity index (χ4n) is 2.26. The average Bonchev–Trinajstić information content (AvgIpc) is 2.53. The number of hydrogen-bond donors (Lipinski definition) is 2. The second-order valence-electron chi connectivity index (χ2n) is 4.98. The lowest BCUT2D eigenvalue weighted by molar-refractivity contribution is 0.777. The summed E-state index contributed by atoms with van der Waals surface area (Å²) in [6.45, 7) is 3.03. The van der Waals surface area contributed by atoms with E-state index in [9.17, 15) is 0 Å². The van der Waals surface area contributed by atoms with E-state index in [0.717, 1.165) is 31.5 Å². The molecule has 0 atom stereocenters. The zero-order valence-corrected chi connectivity index (χ0v) is 13.2. The Labute approximate surface area is 132 Å². The van der Waals surface area contributed by atoms with Crippen LogP contribution in [0.2, 0.25) is 0 Å². The standard InChI is InChI=1S/C18H22N2S/c1-2-16-12-6-7-13-17(16)20-18(21)19-14-8-11-15-9-4-3-5-10-15/h3-7,9-10,12-13H,2,8,11,14H2,1H3,(H2,19,20,21). The van der Waals surface area contributed by atoms with Gasteiger partial charge in [-0.25, -0.2) is 0 Å². The van der Waals surface area contributed by atoms with Crippen molar-refractivity contribution in [3.8, 4) is 0 Å². The Bertz CT molecular complexity index is 566. The molecule has 2 N–H and O–H groups in total. The van der Waals surface area contributed by atoms with Crippen LogP contribution in [0.5, 0.6) is 0 Å². The summed E-state index contributed by atoms with van der Waals surface area (Å²) in [7, 11) is 0. The van der Waals surface area contributed by atoms with E-state index >= 15 is 0 Å². The van der Waals surface area contributed by atoms with Gasteiger partial charge in [-0.3, -0.25) is 0 Å². The van der Waals surface area contributed by atoms with Crippen molar-refractivity contribution < 1.29 is 0 Å². The van der Waals surface area contributed by atoms with Crippen molar-refractivity contribution in [2.75, 3.05) is 11.9 Å². The van der Waals surface area contributed by atoms with E-state index in [1.165, 1.54) is 11.1 Å². The molecule has 21 heavy (non-hydrogen) atoms. The molecule has 0 spiro atoms. The number of anilines is 1. The lowest BCUT2D eigenvalue weighted by Crippen LogP contribution is -2.29. The van der Waals surface area contributed by atoms with Gasteiger partial charge in [0, 0.05) is 12.2 Å². The summed E-state index contributed by atoms with van der Waals surface area (Å²) in [6.07, 6.45) is 3.14. The summed E-state index contributed by atoms with van der Waals surface area (Å²) < 4.78 is 0. The van der Waals surface area contributed by atoms with Crippen molar-refractivity contribution in [3.05, 3.63) is 65.7 Å². The van der Waals surface area contributed by atoms with E-state index in [0.29, 0.717) is 5.11 Å². The minimum Gasteiger partial charge on any atom is -0.362 e. The van der Waals surface area contributed by atoms with Crippen LogP contribution >= 0.6 is 12.2 Å². The molecule has 0 aromatic heterocycles. The third kappa shape index (κ3) is 5.20. The van der Waals surface area contributed by atoms with Gasteiger partial charge in [0.05, 0.1) is 0 Å². The highest BCUT2D eigenvalue weighted by Gasteiger charge is 2.01. The number of aryl methyl sites for hydroxylation is 2. The largest absolute Gasteiger partial charge is 0.362 e. The second-order valence-corrected chi connectivity index (χ2v) is 5.39. The Kier molecular flexibility index (Phi) is 6.22. The molecule has 0 amide bonds. The first-order valence-corrected chi connectivity index (χ1v) is 7.87. The van der Waals surface area contributed by atoms with Gasteiger partial charge in [-0.15, -0.1) is 0 Å². The van der Waals surface area contributed by atoms with E-state index in [4.69, 9.17) is 12.2 Å². The third-order valence-corrected chi connectivity index (χ3v) is 3.66. The van der Waals surface area contributed by atoms with Crippen LogP contribution < -0.4 is 10.6 Å². The SMILES string of the molecule is CCc1ccccc1NC(=S)NCCCc1ccccc1. The molecule has 0 unspecified atom stereocenters. The highest BCUT2D eigenvalue weighted by molar-refractivity contribution is 7.80. The van der Waals surface area contributed by atoms with Gasteiger partial charge >= 0.3 is 0 Å². The van der Waals surface area contributed by atoms with Crippen molar-refractivity contribution in [1.29, 1.82) is 0 Å². The molecule has 0 radical (unpaired) electrons. The molecule has 2 nitrogen and oxygen atoms in total. The average molecular weight is 298 g/mol. The first-order chi connectivity index (χ1) is 10.3. The molecule has 0 saturated carbocycles. The molecule has 0 fully saturated rings. The number of para-hydroxylation sites is 1. The van der Waals surface area contributed by atoms with Crippen LogP contribution in [0.15, 0.2) is 54.6 Å². The summed E-state index contributed by atoms with van der Waals surface area (Å²) in [5, 5.41) is 7.25. The molecule has 0 bridgehead atoms. The van der Waals surface area contributed by atoms with Gasteiger partial charge in [-0.1, -0.05) is 55.5 Å². The van der Waals surface area contributed by atoms with Gasteiger partial charge in [-0.05, 0) is 48.7 Å². The van der Waals surface area contributed by atoms with E-state index in [-0.39, 0.29) is 0 Å². The number of rotatable bonds is 6. The molecule has 2 aromatic rings. The lowest BCUT2D eigenvalue weighted by atomic mass is 10.1. The van der Waals surface area contributed by atoms with Crippen molar-refractivity contribution in [1.82, 2.24) is 5.32 Å². The topological polar surface area (TPSA) is 24.1 Å². The zero-order chi connectivity index (χ0) is 14.9. The molecule has 0 heterocycles. The number of nitrogens with one attached hydrogen (secondary N) is 2. The first kappa shape index (κ1) is 15.5. The molecular weight excluding hydrogens is 276 g/mol. The normalized spacial score (nSPS) is 10.1. The smallest absolute Gasteiger partial charge is 0.170 e. The van der Waals surface area contributed by atoms with Gasteiger partial charge in [0.2, 0.25) is 0 Å².